The molecule has 2 unspecified atom stereocenters. The number of rotatable bonds is 3. The quantitative estimate of drug-likeness (QED) is 0.656. The zero-order valence-corrected chi connectivity index (χ0v) is 15.4. The number of thioether (sulfide) groups is 2. The van der Waals surface area contributed by atoms with Gasteiger partial charge in [0, 0.05) is 17.1 Å². The van der Waals surface area contributed by atoms with Gasteiger partial charge in [0.1, 0.15) is 24.1 Å². The van der Waals surface area contributed by atoms with Gasteiger partial charge in [-0.25, -0.2) is 13.8 Å². The monoisotopic (exact) mass is 373 g/mol. The molecular weight excluding hydrogens is 355 g/mol. The van der Waals surface area contributed by atoms with Crippen molar-refractivity contribution in [3.63, 3.8) is 0 Å². The third-order valence-corrected chi connectivity index (χ3v) is 7.59. The maximum absolute atomic E-state index is 13.2. The highest BCUT2D eigenvalue weighted by Crippen LogP contribution is 2.47. The highest BCUT2D eigenvalue weighted by atomic mass is 32.2. The summed E-state index contributed by atoms with van der Waals surface area (Å²) in [5, 5.41) is 0.552. The maximum atomic E-state index is 13.2. The minimum absolute atomic E-state index is 0.0463. The van der Waals surface area contributed by atoms with Crippen LogP contribution in [0.3, 0.4) is 0 Å². The molecule has 1 saturated heterocycles. The van der Waals surface area contributed by atoms with Gasteiger partial charge in [-0.3, -0.25) is 0 Å². The van der Waals surface area contributed by atoms with Crippen LogP contribution in [-0.2, 0) is 6.54 Å². The first-order chi connectivity index (χ1) is 12.1. The molecule has 3 aromatic rings. The Kier molecular flexibility index (Phi) is 4.56. The SMILES string of the molecule is CC1CSC(c2c[n+](Cc3ccc(F)cc3)c3ccccn3c2=O)S1. The highest BCUT2D eigenvalue weighted by Gasteiger charge is 2.30. The lowest BCUT2D eigenvalue weighted by Gasteiger charge is -2.10. The molecule has 6 heteroatoms. The van der Waals surface area contributed by atoms with Gasteiger partial charge in [-0.1, -0.05) is 25.1 Å². The molecule has 1 aliphatic rings. The molecular formula is C19H18FN2OS2+. The minimum Gasteiger partial charge on any atom is -0.240 e. The van der Waals surface area contributed by atoms with Crippen molar-refractivity contribution in [2.75, 3.05) is 5.75 Å². The molecule has 0 spiro atoms. The molecule has 0 radical (unpaired) electrons. The molecule has 25 heavy (non-hydrogen) atoms. The first kappa shape index (κ1) is 16.7. The van der Waals surface area contributed by atoms with Crippen LogP contribution in [0.2, 0.25) is 0 Å². The van der Waals surface area contributed by atoms with Gasteiger partial charge in [0.2, 0.25) is 0 Å². The van der Waals surface area contributed by atoms with E-state index in [0.29, 0.717) is 11.8 Å². The zero-order valence-electron chi connectivity index (χ0n) is 13.8. The van der Waals surface area contributed by atoms with Gasteiger partial charge in [-0.2, -0.15) is 4.40 Å². The van der Waals surface area contributed by atoms with E-state index in [1.54, 1.807) is 16.5 Å². The van der Waals surface area contributed by atoms with E-state index in [9.17, 15) is 9.18 Å². The fourth-order valence-electron chi connectivity index (χ4n) is 3.02. The van der Waals surface area contributed by atoms with E-state index in [1.165, 1.54) is 12.1 Å². The Morgan fingerprint density at radius 1 is 1.24 bits per heavy atom. The van der Waals surface area contributed by atoms with Crippen LogP contribution in [0.4, 0.5) is 4.39 Å². The van der Waals surface area contributed by atoms with Crippen molar-refractivity contribution in [1.82, 2.24) is 4.40 Å². The van der Waals surface area contributed by atoms with E-state index in [0.717, 1.165) is 22.5 Å². The summed E-state index contributed by atoms with van der Waals surface area (Å²) in [7, 11) is 0. The summed E-state index contributed by atoms with van der Waals surface area (Å²) in [6.07, 6.45) is 3.79. The van der Waals surface area contributed by atoms with E-state index in [1.807, 2.05) is 54.1 Å². The van der Waals surface area contributed by atoms with E-state index in [2.05, 4.69) is 11.5 Å². The molecule has 1 aliphatic heterocycles. The largest absolute Gasteiger partial charge is 0.347 e. The molecule has 0 amide bonds. The van der Waals surface area contributed by atoms with E-state index in [4.69, 9.17) is 0 Å². The van der Waals surface area contributed by atoms with Crippen LogP contribution in [-0.4, -0.2) is 15.4 Å². The van der Waals surface area contributed by atoms with Crippen molar-refractivity contribution in [3.05, 3.63) is 82.2 Å². The van der Waals surface area contributed by atoms with Crippen LogP contribution in [0.25, 0.3) is 5.65 Å². The Hall–Kier alpha value is -1.79. The third-order valence-electron chi connectivity index (χ3n) is 4.25. The van der Waals surface area contributed by atoms with E-state index >= 15 is 0 Å². The topological polar surface area (TPSA) is 25.4 Å². The lowest BCUT2D eigenvalue weighted by Crippen LogP contribution is -2.41. The third kappa shape index (κ3) is 3.33. The summed E-state index contributed by atoms with van der Waals surface area (Å²) in [6.45, 7) is 2.79. The molecule has 3 nitrogen and oxygen atoms in total. The van der Waals surface area contributed by atoms with Gasteiger partial charge in [0.15, 0.2) is 0 Å². The van der Waals surface area contributed by atoms with Crippen molar-refractivity contribution in [2.24, 2.45) is 0 Å². The summed E-state index contributed by atoms with van der Waals surface area (Å²) in [5.41, 5.74) is 2.71. The smallest absolute Gasteiger partial charge is 0.240 e. The van der Waals surface area contributed by atoms with E-state index < -0.39 is 0 Å². The lowest BCUT2D eigenvalue weighted by molar-refractivity contribution is -0.666. The molecule has 2 atom stereocenters. The number of hydrogen-bond acceptors (Lipinski definition) is 3. The lowest BCUT2D eigenvalue weighted by atomic mass is 10.2. The van der Waals surface area contributed by atoms with E-state index in [-0.39, 0.29) is 16.0 Å². The zero-order chi connectivity index (χ0) is 17.4. The van der Waals surface area contributed by atoms with Crippen molar-refractivity contribution < 1.29 is 8.96 Å². The number of pyridine rings is 1. The van der Waals surface area contributed by atoms with Crippen LogP contribution >= 0.6 is 23.5 Å². The summed E-state index contributed by atoms with van der Waals surface area (Å²) in [6, 6.07) is 12.2. The number of hydrogen-bond donors (Lipinski definition) is 0. The Morgan fingerprint density at radius 2 is 2.04 bits per heavy atom. The highest BCUT2D eigenvalue weighted by molar-refractivity contribution is 8.19. The standard InChI is InChI=1S/C19H18FN2OS2/c1-13-12-24-19(25-13)16-11-21(10-14-5-7-15(20)8-6-14)17-4-2-3-9-22(17)18(16)23/h2-9,11,13,19H,10,12H2,1H3/q+1. The van der Waals surface area contributed by atoms with Crippen molar-refractivity contribution in [3.8, 4) is 0 Å². The van der Waals surface area contributed by atoms with Gasteiger partial charge in [-0.15, -0.1) is 23.5 Å². The molecule has 1 fully saturated rings. The van der Waals surface area contributed by atoms with Crippen LogP contribution in [0, 0.1) is 5.82 Å². The summed E-state index contributed by atoms with van der Waals surface area (Å²) in [5.74, 6) is 0.820. The Bertz CT molecular complexity index is 971. The summed E-state index contributed by atoms with van der Waals surface area (Å²) in [4.78, 5) is 12.9. The molecule has 128 valence electrons. The molecule has 0 aliphatic carbocycles. The van der Waals surface area contributed by atoms with Crippen LogP contribution in [0.15, 0.2) is 59.7 Å². The molecule has 0 saturated carbocycles. The molecule has 1 aromatic carbocycles. The fourth-order valence-corrected chi connectivity index (χ4v) is 6.20. The average Bonchev–Trinajstić information content (AvgIpc) is 3.05. The Balaban J connectivity index is 1.83. The van der Waals surface area contributed by atoms with Crippen LogP contribution < -0.4 is 10.1 Å². The van der Waals surface area contributed by atoms with Crippen molar-refractivity contribution >= 4 is 29.2 Å². The first-order valence-electron chi connectivity index (χ1n) is 8.17. The predicted octanol–water partition coefficient (Wildman–Crippen LogP) is 3.64. The molecule has 4 rings (SSSR count). The normalized spacial score (nSPS) is 20.2. The maximum Gasteiger partial charge on any atom is 0.347 e. The van der Waals surface area contributed by atoms with Gasteiger partial charge in [-0.05, 0) is 23.8 Å². The molecule has 0 bridgehead atoms. The van der Waals surface area contributed by atoms with Crippen LogP contribution in [0.1, 0.15) is 22.6 Å². The molecule has 2 aromatic heterocycles. The number of halogens is 1. The summed E-state index contributed by atoms with van der Waals surface area (Å²) >= 11 is 3.67. The second-order valence-electron chi connectivity index (χ2n) is 6.18. The fraction of sp³-hybridized carbons (Fsp3) is 0.263. The van der Waals surface area contributed by atoms with Gasteiger partial charge in [0.05, 0.1) is 10.8 Å². The first-order valence-corrected chi connectivity index (χ1v) is 10.2. The Morgan fingerprint density at radius 3 is 2.76 bits per heavy atom. The minimum atomic E-state index is -0.240. The number of aromatic nitrogens is 2. The second kappa shape index (κ2) is 6.84. The molecule has 0 N–H and O–H groups in total. The number of nitrogens with zero attached hydrogens (tertiary/aromatic N) is 2. The molecule has 3 heterocycles. The predicted molar refractivity (Wildman–Crippen MR) is 102 cm³/mol. The van der Waals surface area contributed by atoms with Gasteiger partial charge in [0.25, 0.3) is 5.65 Å². The number of benzene rings is 1. The van der Waals surface area contributed by atoms with Gasteiger partial charge >= 0.3 is 5.56 Å². The average molecular weight is 373 g/mol. The summed E-state index contributed by atoms with van der Waals surface area (Å²) < 4.78 is 17.1. The Labute approximate surface area is 153 Å². The van der Waals surface area contributed by atoms with Gasteiger partial charge < -0.3 is 0 Å². The van der Waals surface area contributed by atoms with Crippen molar-refractivity contribution in [1.29, 1.82) is 0 Å². The second-order valence-corrected chi connectivity index (χ2v) is 9.17. The number of fused-ring (bicyclic) bond motifs is 1. The van der Waals surface area contributed by atoms with Crippen LogP contribution in [0.5, 0.6) is 0 Å². The van der Waals surface area contributed by atoms with Crippen molar-refractivity contribution in [2.45, 2.75) is 23.3 Å².